The number of aromatic nitrogens is 2. The highest BCUT2D eigenvalue weighted by Crippen LogP contribution is 2.08. The molecule has 1 N–H and O–H groups in total. The first kappa shape index (κ1) is 17.3. The van der Waals surface area contributed by atoms with E-state index in [9.17, 15) is 4.79 Å². The molecule has 0 amide bonds. The largest absolute Gasteiger partial charge is 0.481 e. The van der Waals surface area contributed by atoms with Gasteiger partial charge < -0.3 is 5.11 Å². The van der Waals surface area contributed by atoms with E-state index in [-0.39, 0.29) is 6.42 Å². The fourth-order valence-electron chi connectivity index (χ4n) is 2.85. The Morgan fingerprint density at radius 2 is 1.96 bits per heavy atom. The topological polar surface area (TPSA) is 46.1 Å². The molecule has 0 radical (unpaired) electrons. The highest BCUT2D eigenvalue weighted by Gasteiger charge is 2.17. The van der Waals surface area contributed by atoms with Crippen molar-refractivity contribution in [3.8, 4) is 0 Å². The maximum Gasteiger partial charge on any atom is 0.303 e. The smallest absolute Gasteiger partial charge is 0.303 e. The number of rotatable bonds is 10. The zero-order valence-corrected chi connectivity index (χ0v) is 13.9. The molecule has 0 aliphatic carbocycles. The van der Waals surface area contributed by atoms with Gasteiger partial charge in [-0.3, -0.25) is 4.79 Å². The Balaban J connectivity index is 2.09. The molecule has 4 nitrogen and oxygen atoms in total. The van der Waals surface area contributed by atoms with Crippen molar-refractivity contribution < 1.29 is 14.5 Å². The van der Waals surface area contributed by atoms with Crippen molar-refractivity contribution in [2.45, 2.75) is 58.5 Å². The van der Waals surface area contributed by atoms with Gasteiger partial charge >= 0.3 is 5.97 Å². The van der Waals surface area contributed by atoms with Gasteiger partial charge in [0.25, 0.3) is 5.82 Å². The highest BCUT2D eigenvalue weighted by molar-refractivity contribution is 5.66. The number of carboxylic acids is 1. The Morgan fingerprint density at radius 1 is 1.17 bits per heavy atom. The summed E-state index contributed by atoms with van der Waals surface area (Å²) in [7, 11) is 0. The molecule has 0 unspecified atom stereocenters. The first-order chi connectivity index (χ1) is 11.2. The summed E-state index contributed by atoms with van der Waals surface area (Å²) in [5.74, 6) is 0.578. The first-order valence-corrected chi connectivity index (χ1v) is 8.54. The Morgan fingerprint density at radius 3 is 2.65 bits per heavy atom. The SMILES string of the molecule is CCCCCc1n(CCCC(=O)O)cc[n+]1Cc1ccccc1. The molecule has 4 heteroatoms. The van der Waals surface area contributed by atoms with Crippen molar-refractivity contribution in [3.05, 3.63) is 54.1 Å². The van der Waals surface area contributed by atoms with Crippen LogP contribution in [0, 0.1) is 0 Å². The van der Waals surface area contributed by atoms with Crippen molar-refractivity contribution in [1.82, 2.24) is 4.57 Å². The van der Waals surface area contributed by atoms with Crippen molar-refractivity contribution in [3.63, 3.8) is 0 Å². The van der Waals surface area contributed by atoms with Crippen LogP contribution in [0.3, 0.4) is 0 Å². The number of aliphatic carboxylic acids is 1. The number of carbonyl (C=O) groups is 1. The van der Waals surface area contributed by atoms with Crippen LogP contribution in [-0.4, -0.2) is 15.6 Å². The third kappa shape index (κ3) is 5.55. The van der Waals surface area contributed by atoms with Gasteiger partial charge in [-0.15, -0.1) is 0 Å². The number of imidazole rings is 1. The second-order valence-electron chi connectivity index (χ2n) is 5.98. The van der Waals surface area contributed by atoms with Crippen LogP contribution in [0.25, 0.3) is 0 Å². The molecule has 0 bridgehead atoms. The van der Waals surface area contributed by atoms with Gasteiger partial charge in [0.15, 0.2) is 0 Å². The van der Waals surface area contributed by atoms with E-state index in [0.717, 1.165) is 19.5 Å². The summed E-state index contributed by atoms with van der Waals surface area (Å²) in [6.07, 6.45) is 9.77. The van der Waals surface area contributed by atoms with Crippen LogP contribution < -0.4 is 4.57 Å². The van der Waals surface area contributed by atoms with Gasteiger partial charge in [-0.25, -0.2) is 9.13 Å². The van der Waals surface area contributed by atoms with Crippen LogP contribution in [0.15, 0.2) is 42.7 Å². The fraction of sp³-hybridized carbons (Fsp3) is 0.474. The summed E-state index contributed by atoms with van der Waals surface area (Å²) >= 11 is 0. The van der Waals surface area contributed by atoms with Crippen LogP contribution in [0.1, 0.15) is 50.4 Å². The molecule has 124 valence electrons. The van der Waals surface area contributed by atoms with Crippen molar-refractivity contribution in [2.24, 2.45) is 0 Å². The van der Waals surface area contributed by atoms with Crippen LogP contribution in [0.2, 0.25) is 0 Å². The zero-order valence-electron chi connectivity index (χ0n) is 13.9. The van der Waals surface area contributed by atoms with Gasteiger partial charge in [-0.05, 0) is 18.4 Å². The van der Waals surface area contributed by atoms with E-state index < -0.39 is 5.97 Å². The van der Waals surface area contributed by atoms with Crippen LogP contribution in [0.5, 0.6) is 0 Å². The Hall–Kier alpha value is -2.10. The molecule has 1 aromatic carbocycles. The van der Waals surface area contributed by atoms with E-state index in [2.05, 4.69) is 52.7 Å². The number of benzene rings is 1. The maximum atomic E-state index is 10.7. The Bertz CT molecular complexity index is 605. The number of carboxylic acid groups (broad SMARTS) is 1. The van der Waals surface area contributed by atoms with Gasteiger partial charge in [-0.1, -0.05) is 50.1 Å². The quantitative estimate of drug-likeness (QED) is 0.539. The molecule has 2 rings (SSSR count). The molecule has 0 atom stereocenters. The lowest BCUT2D eigenvalue weighted by molar-refractivity contribution is -0.695. The Labute approximate surface area is 138 Å². The maximum absolute atomic E-state index is 10.7. The number of hydrogen-bond acceptors (Lipinski definition) is 1. The van der Waals surface area contributed by atoms with Gasteiger partial charge in [0.2, 0.25) is 0 Å². The summed E-state index contributed by atoms with van der Waals surface area (Å²) in [4.78, 5) is 10.7. The lowest BCUT2D eigenvalue weighted by Crippen LogP contribution is -2.37. The van der Waals surface area contributed by atoms with Crippen molar-refractivity contribution in [1.29, 1.82) is 0 Å². The highest BCUT2D eigenvalue weighted by atomic mass is 16.4. The molecule has 0 spiro atoms. The second kappa shape index (κ2) is 9.13. The van der Waals surface area contributed by atoms with E-state index in [0.29, 0.717) is 6.42 Å². The zero-order chi connectivity index (χ0) is 16.5. The molecular formula is C19H27N2O2+. The molecule has 0 aliphatic heterocycles. The van der Waals surface area contributed by atoms with Gasteiger partial charge in [0.05, 0.1) is 6.54 Å². The molecular weight excluding hydrogens is 288 g/mol. The predicted molar refractivity (Wildman–Crippen MR) is 90.3 cm³/mol. The number of hydrogen-bond donors (Lipinski definition) is 1. The standard InChI is InChI=1S/C19H26N2O2/c1-2-3-5-11-18-20(13-8-12-19(22)23)14-15-21(18)16-17-9-6-4-7-10-17/h4,6-7,9-10,14-15H,2-3,5,8,11-13,16H2,1H3/p+1. The van der Waals surface area contributed by atoms with E-state index in [1.54, 1.807) is 0 Å². The molecule has 0 fully saturated rings. The molecule has 1 aromatic heterocycles. The summed E-state index contributed by atoms with van der Waals surface area (Å²) < 4.78 is 4.52. The summed E-state index contributed by atoms with van der Waals surface area (Å²) in [5.41, 5.74) is 1.29. The summed E-state index contributed by atoms with van der Waals surface area (Å²) in [6, 6.07) is 10.5. The fourth-order valence-corrected chi connectivity index (χ4v) is 2.85. The monoisotopic (exact) mass is 315 g/mol. The first-order valence-electron chi connectivity index (χ1n) is 8.54. The lowest BCUT2D eigenvalue weighted by Gasteiger charge is -2.05. The van der Waals surface area contributed by atoms with Gasteiger partial charge in [0, 0.05) is 12.8 Å². The predicted octanol–water partition coefficient (Wildman–Crippen LogP) is 3.42. The average molecular weight is 315 g/mol. The van der Waals surface area contributed by atoms with Crippen molar-refractivity contribution in [2.75, 3.05) is 0 Å². The van der Waals surface area contributed by atoms with Gasteiger partial charge in [0.1, 0.15) is 18.9 Å². The minimum Gasteiger partial charge on any atom is -0.481 e. The summed E-state index contributed by atoms with van der Waals surface area (Å²) in [6.45, 7) is 3.85. The molecule has 0 aliphatic rings. The third-order valence-electron chi connectivity index (χ3n) is 4.08. The minimum absolute atomic E-state index is 0.227. The van der Waals surface area contributed by atoms with E-state index >= 15 is 0 Å². The molecule has 1 heterocycles. The summed E-state index contributed by atoms with van der Waals surface area (Å²) in [5, 5.41) is 8.82. The third-order valence-corrected chi connectivity index (χ3v) is 4.08. The van der Waals surface area contributed by atoms with Gasteiger partial charge in [-0.2, -0.15) is 0 Å². The van der Waals surface area contributed by atoms with E-state index in [4.69, 9.17) is 5.11 Å². The van der Waals surface area contributed by atoms with Crippen LogP contribution >= 0.6 is 0 Å². The average Bonchev–Trinajstić information content (AvgIpc) is 2.91. The number of nitrogens with zero attached hydrogens (tertiary/aromatic N) is 2. The van der Waals surface area contributed by atoms with Crippen LogP contribution in [0.4, 0.5) is 0 Å². The molecule has 0 saturated heterocycles. The molecule has 23 heavy (non-hydrogen) atoms. The minimum atomic E-state index is -0.721. The molecule has 0 saturated carbocycles. The second-order valence-corrected chi connectivity index (χ2v) is 5.98. The lowest BCUT2D eigenvalue weighted by atomic mass is 10.2. The molecule has 2 aromatic rings. The number of unbranched alkanes of at least 4 members (excludes halogenated alkanes) is 2. The van der Waals surface area contributed by atoms with E-state index in [1.165, 1.54) is 30.7 Å². The number of aryl methyl sites for hydroxylation is 1. The normalized spacial score (nSPS) is 10.8. The van der Waals surface area contributed by atoms with Crippen molar-refractivity contribution >= 4 is 5.97 Å². The van der Waals surface area contributed by atoms with E-state index in [1.807, 2.05) is 6.07 Å². The van der Waals surface area contributed by atoms with Crippen LogP contribution in [-0.2, 0) is 24.3 Å². The Kier molecular flexibility index (Phi) is 6.85.